The van der Waals surface area contributed by atoms with E-state index in [0.717, 1.165) is 16.9 Å². The average molecular weight is 218 g/mol. The Morgan fingerprint density at radius 2 is 2.00 bits per heavy atom. The summed E-state index contributed by atoms with van der Waals surface area (Å²) in [5.74, 6) is 7.42. The zero-order valence-corrected chi connectivity index (χ0v) is 9.52. The van der Waals surface area contributed by atoms with Crippen LogP contribution in [0.25, 0.3) is 5.82 Å². The summed E-state index contributed by atoms with van der Waals surface area (Å²) in [6.07, 6.45) is 3.70. The van der Waals surface area contributed by atoms with Crippen LogP contribution in [0.2, 0.25) is 0 Å². The highest BCUT2D eigenvalue weighted by Gasteiger charge is 2.10. The van der Waals surface area contributed by atoms with Crippen molar-refractivity contribution in [1.82, 2.24) is 19.7 Å². The van der Waals surface area contributed by atoms with Crippen molar-refractivity contribution < 1.29 is 0 Å². The number of nitrogens with two attached hydrogens (primary N) is 1. The number of hydrazine groups is 1. The maximum absolute atomic E-state index is 5.40. The number of rotatable bonds is 2. The number of hydrogen-bond donors (Lipinski definition) is 2. The van der Waals surface area contributed by atoms with Crippen molar-refractivity contribution in [1.29, 1.82) is 0 Å². The van der Waals surface area contributed by atoms with Gasteiger partial charge in [0.2, 0.25) is 0 Å². The van der Waals surface area contributed by atoms with Crippen molar-refractivity contribution in [2.24, 2.45) is 5.84 Å². The summed E-state index contributed by atoms with van der Waals surface area (Å²) in [6.45, 7) is 5.70. The van der Waals surface area contributed by atoms with E-state index < -0.39 is 0 Å². The van der Waals surface area contributed by atoms with Crippen LogP contribution in [0.3, 0.4) is 0 Å². The van der Waals surface area contributed by atoms with E-state index in [1.807, 2.05) is 27.0 Å². The Morgan fingerprint density at radius 3 is 2.56 bits per heavy atom. The van der Waals surface area contributed by atoms with Crippen LogP contribution in [-0.2, 0) is 0 Å². The normalized spacial score (nSPS) is 10.5. The van der Waals surface area contributed by atoms with E-state index in [0.29, 0.717) is 11.6 Å². The lowest BCUT2D eigenvalue weighted by molar-refractivity contribution is 0.818. The molecule has 0 saturated heterocycles. The number of nitrogens with zero attached hydrogens (tertiary/aromatic N) is 4. The van der Waals surface area contributed by atoms with Crippen LogP contribution in [-0.4, -0.2) is 19.7 Å². The highest BCUT2D eigenvalue weighted by Crippen LogP contribution is 2.17. The molecule has 0 atom stereocenters. The van der Waals surface area contributed by atoms with Crippen LogP contribution >= 0.6 is 0 Å². The van der Waals surface area contributed by atoms with E-state index >= 15 is 0 Å². The zero-order chi connectivity index (χ0) is 11.7. The van der Waals surface area contributed by atoms with Crippen molar-refractivity contribution >= 4 is 5.82 Å². The summed E-state index contributed by atoms with van der Waals surface area (Å²) >= 11 is 0. The van der Waals surface area contributed by atoms with Gasteiger partial charge in [-0.3, -0.25) is 0 Å². The van der Waals surface area contributed by atoms with Gasteiger partial charge in [0.15, 0.2) is 5.82 Å². The Labute approximate surface area is 93.5 Å². The van der Waals surface area contributed by atoms with Crippen molar-refractivity contribution in [3.63, 3.8) is 0 Å². The van der Waals surface area contributed by atoms with Crippen molar-refractivity contribution in [2.75, 3.05) is 5.43 Å². The molecule has 0 spiro atoms. The first-order valence-corrected chi connectivity index (χ1v) is 4.95. The molecular weight excluding hydrogens is 204 g/mol. The molecule has 0 unspecified atom stereocenters. The molecule has 84 valence electrons. The van der Waals surface area contributed by atoms with Gasteiger partial charge in [-0.25, -0.2) is 20.5 Å². The van der Waals surface area contributed by atoms with Crippen LogP contribution < -0.4 is 11.3 Å². The fourth-order valence-corrected chi connectivity index (χ4v) is 1.51. The summed E-state index contributed by atoms with van der Waals surface area (Å²) in [4.78, 5) is 8.55. The van der Waals surface area contributed by atoms with Gasteiger partial charge in [-0.2, -0.15) is 5.10 Å². The molecule has 2 aromatic rings. The first kappa shape index (κ1) is 10.6. The standard InChI is InChI=1S/C10H14N6/c1-6-4-12-16(5-6)10-7(2)9(15-11)13-8(3)14-10/h4-5H,11H2,1-3H3,(H,13,14,15). The van der Waals surface area contributed by atoms with Gasteiger partial charge in [0, 0.05) is 11.8 Å². The Morgan fingerprint density at radius 1 is 1.25 bits per heavy atom. The summed E-state index contributed by atoms with van der Waals surface area (Å²) in [7, 11) is 0. The van der Waals surface area contributed by atoms with E-state index in [-0.39, 0.29) is 0 Å². The highest BCUT2D eigenvalue weighted by atomic mass is 15.3. The molecule has 3 N–H and O–H groups in total. The van der Waals surface area contributed by atoms with E-state index in [2.05, 4.69) is 20.5 Å². The smallest absolute Gasteiger partial charge is 0.162 e. The number of nitrogen functional groups attached to an aromatic ring is 1. The first-order valence-electron chi connectivity index (χ1n) is 4.95. The molecule has 16 heavy (non-hydrogen) atoms. The van der Waals surface area contributed by atoms with Gasteiger partial charge in [-0.1, -0.05) is 0 Å². The fourth-order valence-electron chi connectivity index (χ4n) is 1.51. The molecule has 0 aliphatic heterocycles. The number of hydrogen-bond acceptors (Lipinski definition) is 5. The molecule has 6 heteroatoms. The van der Waals surface area contributed by atoms with Crippen molar-refractivity contribution in [2.45, 2.75) is 20.8 Å². The minimum Gasteiger partial charge on any atom is -0.308 e. The number of anilines is 1. The third-order valence-corrected chi connectivity index (χ3v) is 2.30. The van der Waals surface area contributed by atoms with Crippen LogP contribution in [0.1, 0.15) is 17.0 Å². The molecule has 0 fully saturated rings. The summed E-state index contributed by atoms with van der Waals surface area (Å²) < 4.78 is 1.72. The highest BCUT2D eigenvalue weighted by molar-refractivity contribution is 5.50. The second-order valence-corrected chi connectivity index (χ2v) is 3.67. The molecule has 2 heterocycles. The predicted molar refractivity (Wildman–Crippen MR) is 61.2 cm³/mol. The van der Waals surface area contributed by atoms with Crippen LogP contribution in [0.15, 0.2) is 12.4 Å². The Kier molecular flexibility index (Phi) is 2.57. The van der Waals surface area contributed by atoms with Gasteiger partial charge < -0.3 is 5.43 Å². The maximum Gasteiger partial charge on any atom is 0.162 e. The van der Waals surface area contributed by atoms with Crippen molar-refractivity contribution in [3.05, 3.63) is 29.3 Å². The summed E-state index contributed by atoms with van der Waals surface area (Å²) in [5, 5.41) is 4.22. The van der Waals surface area contributed by atoms with Crippen LogP contribution in [0.4, 0.5) is 5.82 Å². The molecule has 0 aliphatic carbocycles. The number of nitrogens with one attached hydrogen (secondary N) is 1. The Hall–Kier alpha value is -1.95. The molecule has 2 rings (SSSR count). The topological polar surface area (TPSA) is 81.7 Å². The number of aryl methyl sites for hydroxylation is 2. The molecule has 0 saturated carbocycles. The minimum atomic E-state index is 0.621. The lowest BCUT2D eigenvalue weighted by Gasteiger charge is -2.10. The maximum atomic E-state index is 5.40. The lowest BCUT2D eigenvalue weighted by Crippen LogP contribution is -2.14. The van der Waals surface area contributed by atoms with Crippen LogP contribution in [0, 0.1) is 20.8 Å². The monoisotopic (exact) mass is 218 g/mol. The van der Waals surface area contributed by atoms with Gasteiger partial charge in [0.25, 0.3) is 0 Å². The summed E-state index contributed by atoms with van der Waals surface area (Å²) in [5.41, 5.74) is 4.51. The Bertz CT molecular complexity index is 516. The van der Waals surface area contributed by atoms with Gasteiger partial charge in [-0.05, 0) is 26.3 Å². The molecule has 0 radical (unpaired) electrons. The second-order valence-electron chi connectivity index (χ2n) is 3.67. The molecule has 0 bridgehead atoms. The van der Waals surface area contributed by atoms with E-state index in [4.69, 9.17) is 5.84 Å². The Balaban J connectivity index is 2.60. The average Bonchev–Trinajstić information content (AvgIpc) is 2.67. The predicted octanol–water partition coefficient (Wildman–Crippen LogP) is 0.873. The third kappa shape index (κ3) is 1.74. The molecular formula is C10H14N6. The first-order chi connectivity index (χ1) is 7.61. The number of aromatic nitrogens is 4. The third-order valence-electron chi connectivity index (χ3n) is 2.30. The molecule has 6 nitrogen and oxygen atoms in total. The quantitative estimate of drug-likeness (QED) is 0.577. The van der Waals surface area contributed by atoms with Gasteiger partial charge in [0.05, 0.1) is 6.20 Å². The zero-order valence-electron chi connectivity index (χ0n) is 9.52. The van der Waals surface area contributed by atoms with Crippen LogP contribution in [0.5, 0.6) is 0 Å². The molecule has 0 aromatic carbocycles. The molecule has 0 aliphatic rings. The molecule has 0 amide bonds. The second kappa shape index (κ2) is 3.90. The van der Waals surface area contributed by atoms with E-state index in [9.17, 15) is 0 Å². The SMILES string of the molecule is Cc1cnn(-c2nc(C)nc(NN)c2C)c1. The van der Waals surface area contributed by atoms with Crippen molar-refractivity contribution in [3.8, 4) is 5.82 Å². The van der Waals surface area contributed by atoms with Gasteiger partial charge in [0.1, 0.15) is 11.6 Å². The van der Waals surface area contributed by atoms with Gasteiger partial charge >= 0.3 is 0 Å². The summed E-state index contributed by atoms with van der Waals surface area (Å²) in [6, 6.07) is 0. The molecule has 2 aromatic heterocycles. The van der Waals surface area contributed by atoms with E-state index in [1.165, 1.54) is 0 Å². The van der Waals surface area contributed by atoms with Gasteiger partial charge in [-0.15, -0.1) is 0 Å². The minimum absolute atomic E-state index is 0.621. The van der Waals surface area contributed by atoms with E-state index in [1.54, 1.807) is 10.9 Å². The fraction of sp³-hybridized carbons (Fsp3) is 0.300. The lowest BCUT2D eigenvalue weighted by atomic mass is 10.3. The largest absolute Gasteiger partial charge is 0.308 e.